The van der Waals surface area contributed by atoms with E-state index in [9.17, 15) is 0 Å². The standard InChI is InChI=1S/C10H17N3OS/c1-13(2)7-9-6-12-10(15-9)14-8-3-4-11-5-8/h6,8,11H,3-5,7H2,1-2H3. The van der Waals surface area contributed by atoms with Crippen LogP contribution in [0, 0.1) is 0 Å². The van der Waals surface area contributed by atoms with Crippen LogP contribution in [-0.2, 0) is 6.54 Å². The third-order valence-corrected chi connectivity index (χ3v) is 3.16. The molecule has 4 nitrogen and oxygen atoms in total. The second-order valence-corrected chi connectivity index (χ2v) is 5.14. The fraction of sp³-hybridized carbons (Fsp3) is 0.700. The molecule has 0 amide bonds. The summed E-state index contributed by atoms with van der Waals surface area (Å²) >= 11 is 1.65. The first-order valence-electron chi connectivity index (χ1n) is 5.21. The number of rotatable bonds is 4. The first-order valence-corrected chi connectivity index (χ1v) is 6.02. The highest BCUT2D eigenvalue weighted by atomic mass is 32.1. The van der Waals surface area contributed by atoms with E-state index in [0.717, 1.165) is 31.2 Å². The molecule has 0 bridgehead atoms. The minimum absolute atomic E-state index is 0.309. The normalized spacial score (nSPS) is 21.1. The van der Waals surface area contributed by atoms with E-state index in [4.69, 9.17) is 4.74 Å². The van der Waals surface area contributed by atoms with Crippen molar-refractivity contribution in [2.24, 2.45) is 0 Å². The maximum absolute atomic E-state index is 5.76. The summed E-state index contributed by atoms with van der Waals surface area (Å²) in [5, 5.41) is 4.08. The maximum atomic E-state index is 5.76. The fourth-order valence-corrected chi connectivity index (χ4v) is 2.54. The Morgan fingerprint density at radius 2 is 2.53 bits per heavy atom. The Labute approximate surface area is 94.3 Å². The first-order chi connectivity index (χ1) is 7.24. The number of aromatic nitrogens is 1. The third kappa shape index (κ3) is 3.15. The molecule has 1 aliphatic heterocycles. The van der Waals surface area contributed by atoms with Gasteiger partial charge in [0.15, 0.2) is 0 Å². The van der Waals surface area contributed by atoms with Crippen LogP contribution in [0.1, 0.15) is 11.3 Å². The van der Waals surface area contributed by atoms with Gasteiger partial charge in [-0.15, -0.1) is 0 Å². The Morgan fingerprint density at radius 1 is 1.67 bits per heavy atom. The topological polar surface area (TPSA) is 37.4 Å². The van der Waals surface area contributed by atoms with Gasteiger partial charge in [0, 0.05) is 24.2 Å². The van der Waals surface area contributed by atoms with Crippen molar-refractivity contribution in [3.05, 3.63) is 11.1 Å². The summed E-state index contributed by atoms with van der Waals surface area (Å²) in [6, 6.07) is 0. The molecular formula is C10H17N3OS. The Balaban J connectivity index is 1.88. The van der Waals surface area contributed by atoms with Gasteiger partial charge >= 0.3 is 0 Å². The molecule has 1 N–H and O–H groups in total. The van der Waals surface area contributed by atoms with Crippen molar-refractivity contribution in [1.29, 1.82) is 0 Å². The number of nitrogens with zero attached hydrogens (tertiary/aromatic N) is 2. The SMILES string of the molecule is CN(C)Cc1cnc(OC2CCNC2)s1. The van der Waals surface area contributed by atoms with Gasteiger partial charge in [-0.1, -0.05) is 11.3 Å². The van der Waals surface area contributed by atoms with Crippen molar-refractivity contribution in [2.45, 2.75) is 19.1 Å². The van der Waals surface area contributed by atoms with Gasteiger partial charge in [0.05, 0.1) is 0 Å². The molecule has 1 aromatic rings. The van der Waals surface area contributed by atoms with Crippen molar-refractivity contribution >= 4 is 11.3 Å². The molecule has 1 aromatic heterocycles. The van der Waals surface area contributed by atoms with Crippen LogP contribution in [0.4, 0.5) is 0 Å². The largest absolute Gasteiger partial charge is 0.465 e. The lowest BCUT2D eigenvalue weighted by Crippen LogP contribution is -2.19. The zero-order valence-corrected chi connectivity index (χ0v) is 10.0. The number of hydrogen-bond donors (Lipinski definition) is 1. The van der Waals surface area contributed by atoms with Crippen molar-refractivity contribution in [3.63, 3.8) is 0 Å². The molecule has 1 aliphatic rings. The molecule has 2 rings (SSSR count). The maximum Gasteiger partial charge on any atom is 0.273 e. The fourth-order valence-electron chi connectivity index (χ4n) is 1.60. The van der Waals surface area contributed by atoms with Gasteiger partial charge in [-0.3, -0.25) is 0 Å². The van der Waals surface area contributed by atoms with Gasteiger partial charge in [-0.05, 0) is 27.1 Å². The van der Waals surface area contributed by atoms with Crippen LogP contribution in [0.15, 0.2) is 6.20 Å². The van der Waals surface area contributed by atoms with Crippen molar-refractivity contribution in [1.82, 2.24) is 15.2 Å². The quantitative estimate of drug-likeness (QED) is 0.831. The summed E-state index contributed by atoms with van der Waals surface area (Å²) in [5.74, 6) is 0. The molecule has 1 atom stereocenters. The van der Waals surface area contributed by atoms with Crippen LogP contribution in [0.25, 0.3) is 0 Å². The molecule has 0 saturated carbocycles. The lowest BCUT2D eigenvalue weighted by molar-refractivity contribution is 0.222. The molecule has 0 aliphatic carbocycles. The third-order valence-electron chi connectivity index (χ3n) is 2.29. The number of hydrogen-bond acceptors (Lipinski definition) is 5. The Morgan fingerprint density at radius 3 is 3.20 bits per heavy atom. The molecular weight excluding hydrogens is 210 g/mol. The zero-order valence-electron chi connectivity index (χ0n) is 9.19. The van der Waals surface area contributed by atoms with Gasteiger partial charge in [0.1, 0.15) is 6.10 Å². The Kier molecular flexibility index (Phi) is 3.56. The van der Waals surface area contributed by atoms with E-state index < -0.39 is 0 Å². The molecule has 15 heavy (non-hydrogen) atoms. The van der Waals surface area contributed by atoms with E-state index in [1.807, 2.05) is 6.20 Å². The van der Waals surface area contributed by atoms with Gasteiger partial charge in [-0.2, -0.15) is 0 Å². The average molecular weight is 227 g/mol. The minimum atomic E-state index is 0.309. The van der Waals surface area contributed by atoms with Crippen molar-refractivity contribution in [3.8, 4) is 5.19 Å². The predicted molar refractivity (Wildman–Crippen MR) is 61.4 cm³/mol. The highest BCUT2D eigenvalue weighted by Gasteiger charge is 2.17. The lowest BCUT2D eigenvalue weighted by atomic mass is 10.3. The van der Waals surface area contributed by atoms with E-state index in [0.29, 0.717) is 6.10 Å². The Hall–Kier alpha value is -0.650. The van der Waals surface area contributed by atoms with E-state index in [-0.39, 0.29) is 0 Å². The minimum Gasteiger partial charge on any atom is -0.465 e. The molecule has 1 fully saturated rings. The molecule has 1 saturated heterocycles. The second kappa shape index (κ2) is 4.92. The smallest absolute Gasteiger partial charge is 0.273 e. The van der Waals surface area contributed by atoms with E-state index >= 15 is 0 Å². The Bertz CT molecular complexity index is 307. The number of nitrogens with one attached hydrogen (secondary N) is 1. The lowest BCUT2D eigenvalue weighted by Gasteiger charge is -2.08. The van der Waals surface area contributed by atoms with Crippen LogP contribution in [-0.4, -0.2) is 43.2 Å². The van der Waals surface area contributed by atoms with Crippen LogP contribution >= 0.6 is 11.3 Å². The summed E-state index contributed by atoms with van der Waals surface area (Å²) in [5.41, 5.74) is 0. The van der Waals surface area contributed by atoms with Crippen LogP contribution in [0.5, 0.6) is 5.19 Å². The predicted octanol–water partition coefficient (Wildman–Crippen LogP) is 0.945. The molecule has 0 radical (unpaired) electrons. The van der Waals surface area contributed by atoms with Crippen LogP contribution in [0.2, 0.25) is 0 Å². The summed E-state index contributed by atoms with van der Waals surface area (Å²) < 4.78 is 5.76. The summed E-state index contributed by atoms with van der Waals surface area (Å²) in [6.45, 7) is 2.94. The van der Waals surface area contributed by atoms with Crippen molar-refractivity contribution in [2.75, 3.05) is 27.2 Å². The average Bonchev–Trinajstić information content (AvgIpc) is 2.77. The molecule has 5 heteroatoms. The summed E-state index contributed by atoms with van der Waals surface area (Å²) in [7, 11) is 4.11. The number of ether oxygens (including phenoxy) is 1. The van der Waals surface area contributed by atoms with E-state index in [1.165, 1.54) is 4.88 Å². The van der Waals surface area contributed by atoms with Crippen LogP contribution < -0.4 is 10.1 Å². The van der Waals surface area contributed by atoms with Gasteiger partial charge < -0.3 is 15.0 Å². The monoisotopic (exact) mass is 227 g/mol. The second-order valence-electron chi connectivity index (χ2n) is 4.06. The van der Waals surface area contributed by atoms with Gasteiger partial charge in [0.25, 0.3) is 5.19 Å². The highest BCUT2D eigenvalue weighted by Crippen LogP contribution is 2.23. The summed E-state index contributed by atoms with van der Waals surface area (Å²) in [4.78, 5) is 7.66. The zero-order chi connectivity index (χ0) is 10.7. The molecule has 0 aromatic carbocycles. The molecule has 1 unspecified atom stereocenters. The number of thiazole rings is 1. The highest BCUT2D eigenvalue weighted by molar-refractivity contribution is 7.13. The molecule has 0 spiro atoms. The van der Waals surface area contributed by atoms with Crippen molar-refractivity contribution < 1.29 is 4.74 Å². The molecule has 84 valence electrons. The van der Waals surface area contributed by atoms with Gasteiger partial charge in [-0.25, -0.2) is 4.98 Å². The first kappa shape index (κ1) is 10.9. The van der Waals surface area contributed by atoms with Crippen LogP contribution in [0.3, 0.4) is 0 Å². The summed E-state index contributed by atoms with van der Waals surface area (Å²) in [6.07, 6.45) is 3.30. The van der Waals surface area contributed by atoms with E-state index in [1.54, 1.807) is 11.3 Å². The van der Waals surface area contributed by atoms with Gasteiger partial charge in [0.2, 0.25) is 0 Å². The van der Waals surface area contributed by atoms with E-state index in [2.05, 4.69) is 29.3 Å². The molecule has 2 heterocycles.